The summed E-state index contributed by atoms with van der Waals surface area (Å²) in [5.74, 6) is -0.0535. The second-order valence-electron chi connectivity index (χ2n) is 4.90. The van der Waals surface area contributed by atoms with Crippen LogP contribution >= 0.6 is 0 Å². The standard InChI is InChI=1S/C16H15FN4O2/c1-23-13-6-5-11(10-12(13)17)16(22)18-8-7-15-20-19-14-4-2-3-9-21(14)15/h2-6,9-10H,7-8H2,1H3,(H,18,22). The number of pyridine rings is 1. The molecule has 7 heteroatoms. The summed E-state index contributed by atoms with van der Waals surface area (Å²) < 4.78 is 20.3. The summed E-state index contributed by atoms with van der Waals surface area (Å²) in [5.41, 5.74) is 1.00. The molecule has 3 aromatic rings. The number of carbonyl (C=O) groups is 1. The number of methoxy groups -OCH3 is 1. The van der Waals surface area contributed by atoms with Crippen LogP contribution in [-0.2, 0) is 6.42 Å². The average molecular weight is 314 g/mol. The normalized spacial score (nSPS) is 10.7. The predicted octanol–water partition coefficient (Wildman–Crippen LogP) is 1.85. The molecule has 0 unspecified atom stereocenters. The summed E-state index contributed by atoms with van der Waals surface area (Å²) in [6, 6.07) is 9.72. The molecule has 3 rings (SSSR count). The number of hydrogen-bond donors (Lipinski definition) is 1. The van der Waals surface area contributed by atoms with E-state index in [1.54, 1.807) is 0 Å². The summed E-state index contributed by atoms with van der Waals surface area (Å²) in [5, 5.41) is 10.9. The van der Waals surface area contributed by atoms with Gasteiger partial charge >= 0.3 is 0 Å². The summed E-state index contributed by atoms with van der Waals surface area (Å²) in [7, 11) is 1.38. The Bertz CT molecular complexity index is 847. The summed E-state index contributed by atoms with van der Waals surface area (Å²) >= 11 is 0. The molecule has 1 amide bonds. The van der Waals surface area contributed by atoms with Crippen LogP contribution in [0.2, 0.25) is 0 Å². The quantitative estimate of drug-likeness (QED) is 0.780. The van der Waals surface area contributed by atoms with Gasteiger partial charge in [-0.25, -0.2) is 4.39 Å². The van der Waals surface area contributed by atoms with Crippen LogP contribution in [-0.4, -0.2) is 34.2 Å². The molecule has 2 aromatic heterocycles. The van der Waals surface area contributed by atoms with Crippen molar-refractivity contribution >= 4 is 11.6 Å². The van der Waals surface area contributed by atoms with Crippen molar-refractivity contribution in [1.29, 1.82) is 0 Å². The first-order chi connectivity index (χ1) is 11.2. The Balaban J connectivity index is 1.62. The van der Waals surface area contributed by atoms with Gasteiger partial charge in [0.2, 0.25) is 0 Å². The molecule has 2 heterocycles. The molecule has 0 radical (unpaired) electrons. The van der Waals surface area contributed by atoms with E-state index in [1.165, 1.54) is 19.2 Å². The lowest BCUT2D eigenvalue weighted by molar-refractivity contribution is 0.0953. The van der Waals surface area contributed by atoms with Crippen LogP contribution in [0.3, 0.4) is 0 Å². The van der Waals surface area contributed by atoms with Crippen LogP contribution in [0, 0.1) is 5.82 Å². The Morgan fingerprint density at radius 2 is 2.17 bits per heavy atom. The number of amides is 1. The van der Waals surface area contributed by atoms with Crippen LogP contribution in [0.4, 0.5) is 4.39 Å². The van der Waals surface area contributed by atoms with Crippen molar-refractivity contribution in [3.8, 4) is 5.75 Å². The number of fused-ring (bicyclic) bond motifs is 1. The highest BCUT2D eigenvalue weighted by Crippen LogP contribution is 2.17. The summed E-state index contributed by atoms with van der Waals surface area (Å²) in [6.07, 6.45) is 2.39. The molecular formula is C16H15FN4O2. The predicted molar refractivity (Wildman–Crippen MR) is 82.0 cm³/mol. The molecule has 118 valence electrons. The minimum absolute atomic E-state index is 0.108. The number of ether oxygens (including phenoxy) is 1. The van der Waals surface area contributed by atoms with Gasteiger partial charge in [-0.1, -0.05) is 6.07 Å². The van der Waals surface area contributed by atoms with Crippen LogP contribution < -0.4 is 10.1 Å². The Hall–Kier alpha value is -2.96. The molecule has 0 fully saturated rings. The lowest BCUT2D eigenvalue weighted by Crippen LogP contribution is -2.26. The summed E-state index contributed by atoms with van der Waals surface area (Å²) in [6.45, 7) is 0.377. The maximum atomic E-state index is 13.6. The highest BCUT2D eigenvalue weighted by Gasteiger charge is 2.10. The lowest BCUT2D eigenvalue weighted by atomic mass is 10.2. The highest BCUT2D eigenvalue weighted by molar-refractivity contribution is 5.94. The topological polar surface area (TPSA) is 68.5 Å². The molecule has 0 aliphatic carbocycles. The number of benzene rings is 1. The minimum atomic E-state index is -0.566. The maximum Gasteiger partial charge on any atom is 0.251 e. The average Bonchev–Trinajstić information content (AvgIpc) is 2.98. The van der Waals surface area contributed by atoms with E-state index in [1.807, 2.05) is 28.8 Å². The fourth-order valence-electron chi connectivity index (χ4n) is 2.26. The third-order valence-electron chi connectivity index (χ3n) is 3.43. The molecule has 6 nitrogen and oxygen atoms in total. The molecule has 0 atom stereocenters. The molecule has 1 aromatic carbocycles. The molecule has 0 bridgehead atoms. The van der Waals surface area contributed by atoms with Gasteiger partial charge in [0.25, 0.3) is 5.91 Å². The van der Waals surface area contributed by atoms with Gasteiger partial charge in [-0.05, 0) is 30.3 Å². The SMILES string of the molecule is COc1ccc(C(=O)NCCc2nnc3ccccn23)cc1F. The van der Waals surface area contributed by atoms with E-state index in [0.29, 0.717) is 13.0 Å². The molecule has 0 aliphatic heterocycles. The van der Waals surface area contributed by atoms with Gasteiger partial charge in [0.1, 0.15) is 5.82 Å². The molecular weight excluding hydrogens is 299 g/mol. The molecule has 0 spiro atoms. The van der Waals surface area contributed by atoms with Crippen molar-refractivity contribution in [3.05, 3.63) is 59.8 Å². The number of halogens is 1. The van der Waals surface area contributed by atoms with Gasteiger partial charge in [0, 0.05) is 24.7 Å². The number of rotatable bonds is 5. The van der Waals surface area contributed by atoms with Crippen molar-refractivity contribution < 1.29 is 13.9 Å². The first-order valence-corrected chi connectivity index (χ1v) is 7.09. The van der Waals surface area contributed by atoms with Crippen LogP contribution in [0.15, 0.2) is 42.6 Å². The molecule has 1 N–H and O–H groups in total. The Morgan fingerprint density at radius 1 is 1.30 bits per heavy atom. The van der Waals surface area contributed by atoms with Crippen molar-refractivity contribution in [2.45, 2.75) is 6.42 Å². The number of nitrogens with zero attached hydrogens (tertiary/aromatic N) is 3. The maximum absolute atomic E-state index is 13.6. The van der Waals surface area contributed by atoms with Crippen molar-refractivity contribution in [2.24, 2.45) is 0 Å². The minimum Gasteiger partial charge on any atom is -0.494 e. The zero-order valence-corrected chi connectivity index (χ0v) is 12.5. The van der Waals surface area contributed by atoms with Crippen LogP contribution in [0.25, 0.3) is 5.65 Å². The zero-order valence-electron chi connectivity index (χ0n) is 12.5. The van der Waals surface area contributed by atoms with Crippen LogP contribution in [0.1, 0.15) is 16.2 Å². The third kappa shape index (κ3) is 3.13. The van der Waals surface area contributed by atoms with Gasteiger partial charge in [0.05, 0.1) is 7.11 Å². The van der Waals surface area contributed by atoms with E-state index >= 15 is 0 Å². The first-order valence-electron chi connectivity index (χ1n) is 7.09. The zero-order chi connectivity index (χ0) is 16.2. The molecule has 0 saturated heterocycles. The Labute approximate surface area is 131 Å². The Kier molecular flexibility index (Phi) is 4.18. The van der Waals surface area contributed by atoms with Crippen LogP contribution in [0.5, 0.6) is 5.75 Å². The fraction of sp³-hybridized carbons (Fsp3) is 0.188. The smallest absolute Gasteiger partial charge is 0.251 e. The molecule has 23 heavy (non-hydrogen) atoms. The monoisotopic (exact) mass is 314 g/mol. The summed E-state index contributed by atoms with van der Waals surface area (Å²) in [4.78, 5) is 12.0. The number of nitrogens with one attached hydrogen (secondary N) is 1. The molecule has 0 saturated carbocycles. The van der Waals surface area contributed by atoms with E-state index < -0.39 is 5.82 Å². The van der Waals surface area contributed by atoms with E-state index in [4.69, 9.17) is 4.74 Å². The highest BCUT2D eigenvalue weighted by atomic mass is 19.1. The van der Waals surface area contributed by atoms with Crippen molar-refractivity contribution in [1.82, 2.24) is 19.9 Å². The first kappa shape index (κ1) is 15.0. The number of hydrogen-bond acceptors (Lipinski definition) is 4. The van der Waals surface area contributed by atoms with Gasteiger partial charge in [-0.2, -0.15) is 0 Å². The largest absolute Gasteiger partial charge is 0.494 e. The van der Waals surface area contributed by atoms with Gasteiger partial charge < -0.3 is 10.1 Å². The molecule has 0 aliphatic rings. The second-order valence-corrected chi connectivity index (χ2v) is 4.90. The van der Waals surface area contributed by atoms with Gasteiger partial charge in [-0.15, -0.1) is 10.2 Å². The van der Waals surface area contributed by atoms with E-state index in [0.717, 1.165) is 17.5 Å². The Morgan fingerprint density at radius 3 is 2.96 bits per heavy atom. The lowest BCUT2D eigenvalue weighted by Gasteiger charge is -2.06. The fourth-order valence-corrected chi connectivity index (χ4v) is 2.26. The number of aromatic nitrogens is 3. The number of carbonyl (C=O) groups excluding carboxylic acids is 1. The van der Waals surface area contributed by atoms with Gasteiger partial charge in [-0.3, -0.25) is 9.20 Å². The van der Waals surface area contributed by atoms with Crippen molar-refractivity contribution in [2.75, 3.05) is 13.7 Å². The third-order valence-corrected chi connectivity index (χ3v) is 3.43. The van der Waals surface area contributed by atoms with E-state index in [2.05, 4.69) is 15.5 Å². The van der Waals surface area contributed by atoms with E-state index in [9.17, 15) is 9.18 Å². The van der Waals surface area contributed by atoms with Crippen molar-refractivity contribution in [3.63, 3.8) is 0 Å². The van der Waals surface area contributed by atoms with E-state index in [-0.39, 0.29) is 17.2 Å². The second kappa shape index (κ2) is 6.43. The van der Waals surface area contributed by atoms with Gasteiger partial charge in [0.15, 0.2) is 17.2 Å².